The molecule has 1 aromatic carbocycles. The van der Waals surface area contributed by atoms with Gasteiger partial charge in [0.2, 0.25) is 6.29 Å². The number of rotatable bonds is 3. The van der Waals surface area contributed by atoms with E-state index in [1.54, 1.807) is 6.29 Å². The Morgan fingerprint density at radius 3 is 3.00 bits per heavy atom. The fourth-order valence-electron chi connectivity index (χ4n) is 0.893. The van der Waals surface area contributed by atoms with E-state index in [2.05, 4.69) is 5.32 Å². The third-order valence-electron chi connectivity index (χ3n) is 1.38. The quantitative estimate of drug-likeness (QED) is 0.704. The van der Waals surface area contributed by atoms with Crippen molar-refractivity contribution in [2.75, 3.05) is 11.9 Å². The molecule has 0 aromatic heterocycles. The maximum absolute atomic E-state index is 9.88. The van der Waals surface area contributed by atoms with Gasteiger partial charge in [0.15, 0.2) is 0 Å². The van der Waals surface area contributed by atoms with Gasteiger partial charge in [-0.25, -0.2) is 0 Å². The molecule has 2 heteroatoms. The van der Waals surface area contributed by atoms with Crippen molar-refractivity contribution in [2.24, 2.45) is 0 Å². The van der Waals surface area contributed by atoms with Crippen LogP contribution >= 0.6 is 0 Å². The summed E-state index contributed by atoms with van der Waals surface area (Å²) in [7, 11) is 0. The summed E-state index contributed by atoms with van der Waals surface area (Å²) in [5.74, 6) is 0. The third-order valence-corrected chi connectivity index (χ3v) is 1.38. The summed E-state index contributed by atoms with van der Waals surface area (Å²) in [5.41, 5.74) is 2.15. The van der Waals surface area contributed by atoms with Crippen LogP contribution in [0.25, 0.3) is 0 Å². The van der Waals surface area contributed by atoms with Gasteiger partial charge in [-0.05, 0) is 24.6 Å². The molecule has 0 saturated carbocycles. The second-order valence-corrected chi connectivity index (χ2v) is 2.37. The molecular weight excluding hydrogens is 138 g/mol. The highest BCUT2D eigenvalue weighted by Crippen LogP contribution is 2.08. The highest BCUT2D eigenvalue weighted by Gasteiger charge is 1.89. The molecule has 0 fully saturated rings. The smallest absolute Gasteiger partial charge is 0.219 e. The molecule has 2 nitrogen and oxygen atoms in total. The molecular formula is C9H10NO. The van der Waals surface area contributed by atoms with E-state index in [0.29, 0.717) is 0 Å². The summed E-state index contributed by atoms with van der Waals surface area (Å²) in [4.78, 5) is 9.88. The van der Waals surface area contributed by atoms with Gasteiger partial charge < -0.3 is 5.32 Å². The third kappa shape index (κ3) is 2.42. The first-order valence-corrected chi connectivity index (χ1v) is 3.48. The Balaban J connectivity index is 2.63. The average Bonchev–Trinajstić information content (AvgIpc) is 2.01. The summed E-state index contributed by atoms with van der Waals surface area (Å²) in [6, 6.07) is 7.86. The number of aryl methyl sites for hydroxylation is 1. The zero-order chi connectivity index (χ0) is 8.10. The molecule has 1 aromatic rings. The minimum absolute atomic E-state index is 0.253. The monoisotopic (exact) mass is 148 g/mol. The Morgan fingerprint density at radius 1 is 1.55 bits per heavy atom. The molecule has 1 rings (SSSR count). The zero-order valence-electron chi connectivity index (χ0n) is 6.42. The van der Waals surface area contributed by atoms with E-state index in [1.807, 2.05) is 31.2 Å². The molecule has 0 aliphatic heterocycles. The standard InChI is InChI=1S/C9H10NO/c1-8-3-2-4-9(7-8)10-5-6-11/h2-4,7,10H,5H2,1H3. The number of hydrogen-bond donors (Lipinski definition) is 1. The van der Waals surface area contributed by atoms with Gasteiger partial charge in [-0.2, -0.15) is 0 Å². The van der Waals surface area contributed by atoms with Gasteiger partial charge in [-0.3, -0.25) is 4.79 Å². The molecule has 0 heterocycles. The van der Waals surface area contributed by atoms with Crippen LogP contribution in [0.1, 0.15) is 5.56 Å². The Morgan fingerprint density at radius 2 is 2.36 bits per heavy atom. The first-order chi connectivity index (χ1) is 5.33. The lowest BCUT2D eigenvalue weighted by Gasteiger charge is -2.01. The predicted octanol–water partition coefficient (Wildman–Crippen LogP) is 1.52. The Kier molecular flexibility index (Phi) is 2.66. The Bertz CT molecular complexity index is 245. The van der Waals surface area contributed by atoms with Gasteiger partial charge >= 0.3 is 0 Å². The van der Waals surface area contributed by atoms with Crippen molar-refractivity contribution in [3.8, 4) is 0 Å². The summed E-state index contributed by atoms with van der Waals surface area (Å²) in [6.07, 6.45) is 1.77. The number of anilines is 1. The minimum atomic E-state index is 0.253. The number of hydrogen-bond acceptors (Lipinski definition) is 2. The van der Waals surface area contributed by atoms with Crippen molar-refractivity contribution in [1.82, 2.24) is 0 Å². The molecule has 0 bridgehead atoms. The molecule has 11 heavy (non-hydrogen) atoms. The molecule has 0 aliphatic carbocycles. The number of benzene rings is 1. The van der Waals surface area contributed by atoms with E-state index < -0.39 is 0 Å². The lowest BCUT2D eigenvalue weighted by Crippen LogP contribution is -2.01. The van der Waals surface area contributed by atoms with Gasteiger partial charge in [-0.1, -0.05) is 12.1 Å². The van der Waals surface area contributed by atoms with Gasteiger partial charge in [0, 0.05) is 5.69 Å². The van der Waals surface area contributed by atoms with E-state index >= 15 is 0 Å². The van der Waals surface area contributed by atoms with Crippen LogP contribution in [0.4, 0.5) is 5.69 Å². The van der Waals surface area contributed by atoms with Crippen LogP contribution in [-0.2, 0) is 4.79 Å². The highest BCUT2D eigenvalue weighted by molar-refractivity contribution is 5.60. The summed E-state index contributed by atoms with van der Waals surface area (Å²) in [6.45, 7) is 2.26. The van der Waals surface area contributed by atoms with Gasteiger partial charge in [-0.15, -0.1) is 0 Å². The molecule has 0 atom stereocenters. The van der Waals surface area contributed by atoms with E-state index in [0.717, 1.165) is 5.69 Å². The number of nitrogens with one attached hydrogen (secondary N) is 1. The van der Waals surface area contributed by atoms with Gasteiger partial charge in [0.1, 0.15) is 0 Å². The summed E-state index contributed by atoms with van der Waals surface area (Å²) in [5, 5.41) is 2.91. The topological polar surface area (TPSA) is 29.1 Å². The lowest BCUT2D eigenvalue weighted by atomic mass is 10.2. The van der Waals surface area contributed by atoms with Gasteiger partial charge in [0.05, 0.1) is 6.54 Å². The molecule has 0 saturated heterocycles. The predicted molar refractivity (Wildman–Crippen MR) is 45.4 cm³/mol. The van der Waals surface area contributed by atoms with Crippen LogP contribution < -0.4 is 5.32 Å². The average molecular weight is 148 g/mol. The van der Waals surface area contributed by atoms with Crippen molar-refractivity contribution in [3.05, 3.63) is 29.8 Å². The van der Waals surface area contributed by atoms with E-state index in [1.165, 1.54) is 5.56 Å². The maximum Gasteiger partial charge on any atom is 0.219 e. The Hall–Kier alpha value is -1.31. The van der Waals surface area contributed by atoms with Crippen molar-refractivity contribution in [1.29, 1.82) is 0 Å². The molecule has 0 unspecified atom stereocenters. The molecule has 0 spiro atoms. The van der Waals surface area contributed by atoms with Crippen molar-refractivity contribution in [2.45, 2.75) is 6.92 Å². The molecule has 1 N–H and O–H groups in total. The summed E-state index contributed by atoms with van der Waals surface area (Å²) >= 11 is 0. The first-order valence-electron chi connectivity index (χ1n) is 3.48. The molecule has 57 valence electrons. The van der Waals surface area contributed by atoms with Crippen LogP contribution in [0.5, 0.6) is 0 Å². The van der Waals surface area contributed by atoms with Crippen LogP contribution in [-0.4, -0.2) is 12.8 Å². The fourth-order valence-corrected chi connectivity index (χ4v) is 0.893. The van der Waals surface area contributed by atoms with E-state index in [4.69, 9.17) is 0 Å². The van der Waals surface area contributed by atoms with Crippen molar-refractivity contribution in [3.63, 3.8) is 0 Å². The first kappa shape index (κ1) is 7.79. The van der Waals surface area contributed by atoms with Crippen molar-refractivity contribution < 1.29 is 4.79 Å². The fraction of sp³-hybridized carbons (Fsp3) is 0.222. The largest absolute Gasteiger partial charge is 0.377 e. The SMILES string of the molecule is Cc1cccc(NC[C]=O)c1. The van der Waals surface area contributed by atoms with Crippen LogP contribution in [0.3, 0.4) is 0 Å². The molecule has 0 amide bonds. The lowest BCUT2D eigenvalue weighted by molar-refractivity contribution is 0.557. The van der Waals surface area contributed by atoms with Crippen LogP contribution in [0.2, 0.25) is 0 Å². The molecule has 1 radical (unpaired) electrons. The maximum atomic E-state index is 9.88. The van der Waals surface area contributed by atoms with Gasteiger partial charge in [0.25, 0.3) is 0 Å². The van der Waals surface area contributed by atoms with Crippen LogP contribution in [0, 0.1) is 6.92 Å². The second kappa shape index (κ2) is 3.76. The van der Waals surface area contributed by atoms with E-state index in [-0.39, 0.29) is 6.54 Å². The van der Waals surface area contributed by atoms with Crippen LogP contribution in [0.15, 0.2) is 24.3 Å². The van der Waals surface area contributed by atoms with E-state index in [9.17, 15) is 4.79 Å². The highest BCUT2D eigenvalue weighted by atomic mass is 16.1. The minimum Gasteiger partial charge on any atom is -0.377 e. The Labute approximate surface area is 66.2 Å². The normalized spacial score (nSPS) is 9.18. The number of carbonyl (C=O) groups excluding carboxylic acids is 1. The van der Waals surface area contributed by atoms with Crippen molar-refractivity contribution >= 4 is 12.0 Å². The zero-order valence-corrected chi connectivity index (χ0v) is 6.42. The summed E-state index contributed by atoms with van der Waals surface area (Å²) < 4.78 is 0. The second-order valence-electron chi connectivity index (χ2n) is 2.37. The molecule has 0 aliphatic rings.